The molecule has 0 bridgehead atoms. The van der Waals surface area contributed by atoms with Crippen molar-refractivity contribution in [2.24, 2.45) is 0 Å². The van der Waals surface area contributed by atoms with Gasteiger partial charge in [0.15, 0.2) is 5.82 Å². The Kier molecular flexibility index (Phi) is 3.66. The zero-order chi connectivity index (χ0) is 11.2. The zero-order valence-corrected chi connectivity index (χ0v) is 9.40. The molecule has 0 saturated heterocycles. The molecule has 1 heterocycles. The smallest absolute Gasteiger partial charge is 0.181 e. The Bertz CT molecular complexity index is 422. The molecule has 1 aromatic carbocycles. The van der Waals surface area contributed by atoms with Crippen LogP contribution in [0.5, 0.6) is 0 Å². The molecule has 2 aromatic rings. The molecule has 0 fully saturated rings. The number of nitrogens with zero attached hydrogens (tertiary/aromatic N) is 2. The van der Waals surface area contributed by atoms with Crippen LogP contribution in [-0.4, -0.2) is 28.3 Å². The normalized spacial score (nSPS) is 10.6. The lowest BCUT2D eigenvalue weighted by Crippen LogP contribution is -2.16. The molecule has 0 spiro atoms. The van der Waals surface area contributed by atoms with Crippen molar-refractivity contribution < 1.29 is 0 Å². The van der Waals surface area contributed by atoms with Gasteiger partial charge < -0.3 is 5.32 Å². The third-order valence-corrected chi connectivity index (χ3v) is 2.35. The Morgan fingerprint density at radius 1 is 1.25 bits per heavy atom. The van der Waals surface area contributed by atoms with Gasteiger partial charge in [-0.25, -0.2) is 4.98 Å². The molecule has 0 aliphatic carbocycles. The summed E-state index contributed by atoms with van der Waals surface area (Å²) >= 11 is 0. The van der Waals surface area contributed by atoms with E-state index in [9.17, 15) is 0 Å². The average molecular weight is 216 g/mol. The van der Waals surface area contributed by atoms with Crippen LogP contribution in [0.1, 0.15) is 12.7 Å². The van der Waals surface area contributed by atoms with E-state index in [1.54, 1.807) is 0 Å². The summed E-state index contributed by atoms with van der Waals surface area (Å²) in [5, 5.41) is 10.4. The number of H-pyrrole nitrogens is 1. The van der Waals surface area contributed by atoms with Gasteiger partial charge in [-0.2, -0.15) is 5.10 Å². The van der Waals surface area contributed by atoms with E-state index in [-0.39, 0.29) is 0 Å². The largest absolute Gasteiger partial charge is 0.317 e. The van der Waals surface area contributed by atoms with Gasteiger partial charge in [0.05, 0.1) is 0 Å². The molecule has 1 aromatic heterocycles. The van der Waals surface area contributed by atoms with Crippen LogP contribution in [0.4, 0.5) is 0 Å². The second-order valence-corrected chi connectivity index (χ2v) is 3.58. The predicted molar refractivity (Wildman–Crippen MR) is 64.1 cm³/mol. The van der Waals surface area contributed by atoms with Crippen LogP contribution >= 0.6 is 0 Å². The van der Waals surface area contributed by atoms with Crippen LogP contribution in [0.25, 0.3) is 11.4 Å². The first-order chi connectivity index (χ1) is 7.90. The number of benzene rings is 1. The van der Waals surface area contributed by atoms with Gasteiger partial charge in [0.25, 0.3) is 0 Å². The lowest BCUT2D eigenvalue weighted by Gasteiger charge is -1.96. The number of likely N-dealkylation sites (N-methyl/N-ethyl adjacent to an activating group) is 1. The van der Waals surface area contributed by atoms with E-state index in [4.69, 9.17) is 0 Å². The van der Waals surface area contributed by atoms with Gasteiger partial charge in [0, 0.05) is 18.5 Å². The molecule has 0 amide bonds. The van der Waals surface area contributed by atoms with E-state index in [2.05, 4.69) is 27.4 Å². The first-order valence-electron chi connectivity index (χ1n) is 5.57. The fourth-order valence-corrected chi connectivity index (χ4v) is 1.51. The van der Waals surface area contributed by atoms with Crippen molar-refractivity contribution >= 4 is 0 Å². The minimum atomic E-state index is 0.770. The fraction of sp³-hybridized carbons (Fsp3) is 0.333. The molecule has 84 valence electrons. The molecule has 0 aliphatic rings. The SMILES string of the molecule is CCNCCc1nc(-c2ccccc2)n[nH]1. The minimum absolute atomic E-state index is 0.770. The van der Waals surface area contributed by atoms with Crippen LogP contribution in [0.15, 0.2) is 30.3 Å². The van der Waals surface area contributed by atoms with Crippen molar-refractivity contribution in [1.29, 1.82) is 0 Å². The molecule has 0 aliphatic heterocycles. The molecule has 4 nitrogen and oxygen atoms in total. The highest BCUT2D eigenvalue weighted by Crippen LogP contribution is 2.13. The molecule has 0 unspecified atom stereocenters. The van der Waals surface area contributed by atoms with E-state index in [0.29, 0.717) is 0 Å². The lowest BCUT2D eigenvalue weighted by atomic mass is 10.2. The molecule has 0 atom stereocenters. The highest BCUT2D eigenvalue weighted by Gasteiger charge is 2.04. The van der Waals surface area contributed by atoms with E-state index in [0.717, 1.165) is 36.7 Å². The molecule has 16 heavy (non-hydrogen) atoms. The van der Waals surface area contributed by atoms with Gasteiger partial charge in [0.1, 0.15) is 5.82 Å². The van der Waals surface area contributed by atoms with E-state index < -0.39 is 0 Å². The topological polar surface area (TPSA) is 53.6 Å². The van der Waals surface area contributed by atoms with Crippen LogP contribution < -0.4 is 5.32 Å². The Morgan fingerprint density at radius 3 is 2.81 bits per heavy atom. The van der Waals surface area contributed by atoms with Gasteiger partial charge >= 0.3 is 0 Å². The number of nitrogens with one attached hydrogen (secondary N) is 2. The Labute approximate surface area is 95.1 Å². The van der Waals surface area contributed by atoms with Crippen molar-refractivity contribution in [3.63, 3.8) is 0 Å². The second-order valence-electron chi connectivity index (χ2n) is 3.58. The summed E-state index contributed by atoms with van der Waals surface area (Å²) in [6.45, 7) is 4.01. The number of hydrogen-bond donors (Lipinski definition) is 2. The van der Waals surface area contributed by atoms with Crippen LogP contribution in [0.2, 0.25) is 0 Å². The van der Waals surface area contributed by atoms with Gasteiger partial charge in [-0.15, -0.1) is 0 Å². The molecule has 2 N–H and O–H groups in total. The zero-order valence-electron chi connectivity index (χ0n) is 9.40. The third kappa shape index (κ3) is 2.67. The van der Waals surface area contributed by atoms with Crippen molar-refractivity contribution in [3.8, 4) is 11.4 Å². The molecule has 2 rings (SSSR count). The maximum atomic E-state index is 4.45. The molecular weight excluding hydrogens is 200 g/mol. The minimum Gasteiger partial charge on any atom is -0.317 e. The molecule has 0 saturated carbocycles. The summed E-state index contributed by atoms with van der Waals surface area (Å²) in [7, 11) is 0. The summed E-state index contributed by atoms with van der Waals surface area (Å²) in [6.07, 6.45) is 0.883. The van der Waals surface area contributed by atoms with Crippen LogP contribution in [0, 0.1) is 0 Å². The van der Waals surface area contributed by atoms with Crippen molar-refractivity contribution in [2.75, 3.05) is 13.1 Å². The first-order valence-corrected chi connectivity index (χ1v) is 5.57. The van der Waals surface area contributed by atoms with Crippen LogP contribution in [0.3, 0.4) is 0 Å². The van der Waals surface area contributed by atoms with Gasteiger partial charge in [-0.3, -0.25) is 5.10 Å². The summed E-state index contributed by atoms with van der Waals surface area (Å²) < 4.78 is 0. The number of rotatable bonds is 5. The number of hydrogen-bond acceptors (Lipinski definition) is 3. The number of aromatic amines is 1. The first kappa shape index (κ1) is 10.8. The average Bonchev–Trinajstić information content (AvgIpc) is 2.79. The monoisotopic (exact) mass is 216 g/mol. The van der Waals surface area contributed by atoms with Crippen molar-refractivity contribution in [3.05, 3.63) is 36.2 Å². The Morgan fingerprint density at radius 2 is 2.06 bits per heavy atom. The van der Waals surface area contributed by atoms with Crippen LogP contribution in [-0.2, 0) is 6.42 Å². The summed E-state index contributed by atoms with van der Waals surface area (Å²) in [6, 6.07) is 9.99. The highest BCUT2D eigenvalue weighted by molar-refractivity contribution is 5.53. The maximum Gasteiger partial charge on any atom is 0.181 e. The predicted octanol–water partition coefficient (Wildman–Crippen LogP) is 1.62. The summed E-state index contributed by atoms with van der Waals surface area (Å²) in [5.74, 6) is 1.70. The van der Waals surface area contributed by atoms with E-state index >= 15 is 0 Å². The Balaban J connectivity index is 2.02. The molecule has 4 heteroatoms. The fourth-order valence-electron chi connectivity index (χ4n) is 1.51. The van der Waals surface area contributed by atoms with Gasteiger partial charge in [-0.05, 0) is 6.54 Å². The van der Waals surface area contributed by atoms with Crippen molar-refractivity contribution in [2.45, 2.75) is 13.3 Å². The van der Waals surface area contributed by atoms with E-state index in [1.165, 1.54) is 0 Å². The summed E-state index contributed by atoms with van der Waals surface area (Å²) in [5.41, 5.74) is 1.05. The lowest BCUT2D eigenvalue weighted by molar-refractivity contribution is 0.698. The standard InChI is InChI=1S/C12H16N4/c1-2-13-9-8-11-14-12(16-15-11)10-6-4-3-5-7-10/h3-7,13H,2,8-9H2,1H3,(H,14,15,16). The summed E-state index contributed by atoms with van der Waals surface area (Å²) in [4.78, 5) is 4.45. The molecular formula is C12H16N4. The second kappa shape index (κ2) is 5.42. The number of aromatic nitrogens is 3. The Hall–Kier alpha value is -1.68. The van der Waals surface area contributed by atoms with Gasteiger partial charge in [-0.1, -0.05) is 37.3 Å². The quantitative estimate of drug-likeness (QED) is 0.747. The third-order valence-electron chi connectivity index (χ3n) is 2.35. The van der Waals surface area contributed by atoms with Gasteiger partial charge in [0.2, 0.25) is 0 Å². The highest BCUT2D eigenvalue weighted by atomic mass is 15.2. The van der Waals surface area contributed by atoms with Crippen molar-refractivity contribution in [1.82, 2.24) is 20.5 Å². The van der Waals surface area contributed by atoms with E-state index in [1.807, 2.05) is 30.3 Å². The maximum absolute atomic E-state index is 4.45. The molecule has 0 radical (unpaired) electrons.